The number of aliphatic hydroxyl groups excluding tert-OH is 1. The summed E-state index contributed by atoms with van der Waals surface area (Å²) in [6, 6.07) is 0. The lowest BCUT2D eigenvalue weighted by atomic mass is 10.2. The predicted molar refractivity (Wildman–Crippen MR) is 74.1 cm³/mol. The van der Waals surface area contributed by atoms with Crippen LogP contribution in [0.3, 0.4) is 0 Å². The zero-order valence-corrected chi connectivity index (χ0v) is 12.0. The number of rotatable bonds is 13. The molecule has 0 amide bonds. The first-order chi connectivity index (χ1) is 9.82. The monoisotopic (exact) mass is 305 g/mol. The molecule has 5 N–H and O–H groups in total. The van der Waals surface area contributed by atoms with Gasteiger partial charge < -0.3 is 26.0 Å². The van der Waals surface area contributed by atoms with Gasteiger partial charge in [-0.15, -0.1) is 0 Å². The highest BCUT2D eigenvalue weighted by molar-refractivity contribution is 5.84. The van der Waals surface area contributed by atoms with E-state index in [1.807, 2.05) is 0 Å². The van der Waals surface area contributed by atoms with Gasteiger partial charge in [-0.2, -0.15) is 0 Å². The molecule has 0 radical (unpaired) electrons. The quantitative estimate of drug-likeness (QED) is 0.235. The highest BCUT2D eigenvalue weighted by atomic mass is 16.4. The number of carboxylic acids is 2. The fraction of sp³-hybridized carbons (Fsp3) is 0.750. The molecule has 0 rings (SSSR count). The highest BCUT2D eigenvalue weighted by Gasteiger charge is 2.11. The number of aliphatic hydroxyl groups is 1. The van der Waals surface area contributed by atoms with Crippen LogP contribution in [0.1, 0.15) is 6.92 Å². The summed E-state index contributed by atoms with van der Waals surface area (Å²) < 4.78 is 0. The Morgan fingerprint density at radius 2 is 1.52 bits per heavy atom. The molecule has 0 saturated carbocycles. The number of hydrogen-bond donors (Lipinski definition) is 5. The van der Waals surface area contributed by atoms with Crippen molar-refractivity contribution in [2.75, 3.05) is 45.8 Å². The number of aliphatic carboxylic acids is 2. The van der Waals surface area contributed by atoms with E-state index >= 15 is 0 Å². The minimum atomic E-state index is -1.02. The fourth-order valence-corrected chi connectivity index (χ4v) is 1.49. The lowest BCUT2D eigenvalue weighted by molar-refractivity contribution is -0.139. The van der Waals surface area contributed by atoms with E-state index in [9.17, 15) is 14.4 Å². The van der Waals surface area contributed by atoms with Crippen molar-refractivity contribution in [2.24, 2.45) is 0 Å². The molecule has 122 valence electrons. The van der Waals surface area contributed by atoms with E-state index in [4.69, 9.17) is 15.3 Å². The van der Waals surface area contributed by atoms with Gasteiger partial charge in [0.15, 0.2) is 5.78 Å². The van der Waals surface area contributed by atoms with Crippen LogP contribution in [0.5, 0.6) is 0 Å². The van der Waals surface area contributed by atoms with Crippen molar-refractivity contribution < 1.29 is 29.7 Å². The highest BCUT2D eigenvalue weighted by Crippen LogP contribution is 1.87. The van der Waals surface area contributed by atoms with Crippen molar-refractivity contribution in [1.29, 1.82) is 0 Å². The fourth-order valence-electron chi connectivity index (χ4n) is 1.49. The van der Waals surface area contributed by atoms with Crippen molar-refractivity contribution in [3.05, 3.63) is 0 Å². The number of carbonyl (C=O) groups is 3. The largest absolute Gasteiger partial charge is 0.480 e. The summed E-state index contributed by atoms with van der Waals surface area (Å²) in [5.41, 5.74) is 0. The second-order valence-corrected chi connectivity index (χ2v) is 4.56. The molecular weight excluding hydrogens is 282 g/mol. The first-order valence-electron chi connectivity index (χ1n) is 6.61. The summed E-state index contributed by atoms with van der Waals surface area (Å²) in [5.74, 6) is -2.28. The van der Waals surface area contributed by atoms with Crippen molar-refractivity contribution in [2.45, 2.75) is 13.0 Å². The van der Waals surface area contributed by atoms with Crippen LogP contribution >= 0.6 is 0 Å². The minimum Gasteiger partial charge on any atom is -0.480 e. The molecule has 0 aliphatic carbocycles. The molecule has 9 heteroatoms. The number of hydrogen-bond acceptors (Lipinski definition) is 7. The molecule has 1 atom stereocenters. The smallest absolute Gasteiger partial charge is 0.317 e. The van der Waals surface area contributed by atoms with Crippen LogP contribution in [-0.2, 0) is 14.4 Å². The molecule has 21 heavy (non-hydrogen) atoms. The third kappa shape index (κ3) is 11.9. The molecule has 0 aliphatic heterocycles. The Morgan fingerprint density at radius 3 is 1.95 bits per heavy atom. The average Bonchev–Trinajstić information content (AvgIpc) is 2.37. The number of carboxylic acid groups (broad SMARTS) is 2. The Balaban J connectivity index is 3.92. The van der Waals surface area contributed by atoms with Gasteiger partial charge in [0.05, 0.1) is 19.6 Å². The molecule has 0 aromatic rings. The standard InChI is InChI=1S/C12H23N3O6/c1-9(16)10(17)6-13-2-4-15(8-12(20)21)5-3-14-7-11(18)19/h9,13-14,16H,2-8H2,1H3,(H,18,19)(H,20,21). The third-order valence-corrected chi connectivity index (χ3v) is 2.61. The third-order valence-electron chi connectivity index (χ3n) is 2.61. The Morgan fingerprint density at radius 1 is 1.00 bits per heavy atom. The van der Waals surface area contributed by atoms with Crippen LogP contribution in [0.25, 0.3) is 0 Å². The maximum Gasteiger partial charge on any atom is 0.317 e. The van der Waals surface area contributed by atoms with Crippen molar-refractivity contribution in [1.82, 2.24) is 15.5 Å². The summed E-state index contributed by atoms with van der Waals surface area (Å²) in [5, 5.41) is 31.7. The zero-order valence-electron chi connectivity index (χ0n) is 12.0. The SMILES string of the molecule is CC(O)C(=O)CNCCN(CCNCC(=O)O)CC(=O)O. The Kier molecular flexibility index (Phi) is 10.3. The summed E-state index contributed by atoms with van der Waals surface area (Å²) in [4.78, 5) is 33.8. The van der Waals surface area contributed by atoms with E-state index in [0.29, 0.717) is 26.2 Å². The molecule has 0 heterocycles. The van der Waals surface area contributed by atoms with E-state index in [-0.39, 0.29) is 25.4 Å². The Hall–Kier alpha value is -1.55. The van der Waals surface area contributed by atoms with Crippen molar-refractivity contribution in [3.63, 3.8) is 0 Å². The van der Waals surface area contributed by atoms with Crippen LogP contribution in [0.15, 0.2) is 0 Å². The first kappa shape index (κ1) is 19.4. The molecule has 0 saturated heterocycles. The Bertz CT molecular complexity index is 348. The summed E-state index contributed by atoms with van der Waals surface area (Å²) in [7, 11) is 0. The van der Waals surface area contributed by atoms with Crippen LogP contribution in [-0.4, -0.2) is 89.9 Å². The lowest BCUT2D eigenvalue weighted by Crippen LogP contribution is -2.41. The van der Waals surface area contributed by atoms with Gasteiger partial charge >= 0.3 is 11.9 Å². The molecule has 0 aliphatic rings. The average molecular weight is 305 g/mol. The van der Waals surface area contributed by atoms with Crippen LogP contribution in [0.2, 0.25) is 0 Å². The van der Waals surface area contributed by atoms with Gasteiger partial charge in [0, 0.05) is 26.2 Å². The van der Waals surface area contributed by atoms with Crippen molar-refractivity contribution in [3.8, 4) is 0 Å². The summed E-state index contributed by atoms with van der Waals surface area (Å²) >= 11 is 0. The molecule has 0 bridgehead atoms. The number of carbonyl (C=O) groups excluding carboxylic acids is 1. The minimum absolute atomic E-state index is 0.0237. The second-order valence-electron chi connectivity index (χ2n) is 4.56. The van der Waals surface area contributed by atoms with E-state index < -0.39 is 18.0 Å². The maximum absolute atomic E-state index is 11.2. The van der Waals surface area contributed by atoms with E-state index in [1.54, 1.807) is 4.90 Å². The lowest BCUT2D eigenvalue weighted by Gasteiger charge is -2.20. The Labute approximate surface area is 122 Å². The molecular formula is C12H23N3O6. The molecule has 0 spiro atoms. The number of Topliss-reactive ketones (excluding diaryl/α,β-unsaturated/α-hetero) is 1. The van der Waals surface area contributed by atoms with Crippen molar-refractivity contribution >= 4 is 17.7 Å². The summed E-state index contributed by atoms with van der Waals surface area (Å²) in [6.45, 7) is 2.59. The topological polar surface area (TPSA) is 139 Å². The number of nitrogens with one attached hydrogen (secondary N) is 2. The van der Waals surface area contributed by atoms with Gasteiger partial charge in [-0.05, 0) is 6.92 Å². The zero-order chi connectivity index (χ0) is 16.3. The molecule has 9 nitrogen and oxygen atoms in total. The van der Waals surface area contributed by atoms with Crippen LogP contribution < -0.4 is 10.6 Å². The van der Waals surface area contributed by atoms with Gasteiger partial charge in [0.1, 0.15) is 6.10 Å². The molecule has 1 unspecified atom stereocenters. The second kappa shape index (κ2) is 11.1. The van der Waals surface area contributed by atoms with Gasteiger partial charge in [-0.3, -0.25) is 19.3 Å². The van der Waals surface area contributed by atoms with Gasteiger partial charge in [-0.1, -0.05) is 0 Å². The van der Waals surface area contributed by atoms with Gasteiger partial charge in [0.25, 0.3) is 0 Å². The van der Waals surface area contributed by atoms with Crippen LogP contribution in [0, 0.1) is 0 Å². The summed E-state index contributed by atoms with van der Waals surface area (Å²) in [6.07, 6.45) is -1.02. The number of ketones is 1. The van der Waals surface area contributed by atoms with E-state index in [0.717, 1.165) is 0 Å². The van der Waals surface area contributed by atoms with Crippen LogP contribution in [0.4, 0.5) is 0 Å². The number of nitrogens with zero attached hydrogens (tertiary/aromatic N) is 1. The van der Waals surface area contributed by atoms with Gasteiger partial charge in [0.2, 0.25) is 0 Å². The molecule has 0 aromatic heterocycles. The normalized spacial score (nSPS) is 12.3. The predicted octanol–water partition coefficient (Wildman–Crippen LogP) is -2.41. The van der Waals surface area contributed by atoms with E-state index in [2.05, 4.69) is 10.6 Å². The molecule has 0 aromatic carbocycles. The maximum atomic E-state index is 11.2. The van der Waals surface area contributed by atoms with Gasteiger partial charge in [-0.25, -0.2) is 0 Å². The first-order valence-corrected chi connectivity index (χ1v) is 6.61. The molecule has 0 fully saturated rings. The van der Waals surface area contributed by atoms with E-state index in [1.165, 1.54) is 6.92 Å².